The van der Waals surface area contributed by atoms with Gasteiger partial charge in [-0.2, -0.15) is 0 Å². The van der Waals surface area contributed by atoms with Gasteiger partial charge in [0.1, 0.15) is 0 Å². The van der Waals surface area contributed by atoms with Crippen molar-refractivity contribution in [2.75, 3.05) is 0 Å². The zero-order valence-electron chi connectivity index (χ0n) is 11.8. The molecule has 0 spiro atoms. The first-order valence-electron chi connectivity index (χ1n) is 6.62. The van der Waals surface area contributed by atoms with Crippen LogP contribution in [0.15, 0.2) is 59.1 Å². The molecule has 0 saturated heterocycles. The standard InChI is InChI=1S/C16H12N2O4S/c17-14-13(9-5-7-10(8-6-9)23(18,21)22)15(19)11-3-1-2-4-12(11)16(14)20/h1-8H,17H2,(H2,18,21,22). The summed E-state index contributed by atoms with van der Waals surface area (Å²) in [4.78, 5) is 24.9. The predicted molar refractivity (Wildman–Crippen MR) is 84.0 cm³/mol. The van der Waals surface area contributed by atoms with E-state index in [0.717, 1.165) is 0 Å². The van der Waals surface area contributed by atoms with Crippen LogP contribution in [-0.4, -0.2) is 20.0 Å². The zero-order chi connectivity index (χ0) is 16.8. The Morgan fingerprint density at radius 1 is 0.783 bits per heavy atom. The van der Waals surface area contributed by atoms with Crippen LogP contribution in [0.3, 0.4) is 0 Å². The van der Waals surface area contributed by atoms with Gasteiger partial charge in [0.15, 0.2) is 5.78 Å². The summed E-state index contributed by atoms with van der Waals surface area (Å²) in [6, 6.07) is 11.8. The molecule has 2 aromatic carbocycles. The fourth-order valence-corrected chi connectivity index (χ4v) is 3.01. The second-order valence-electron chi connectivity index (χ2n) is 5.06. The van der Waals surface area contributed by atoms with E-state index in [-0.39, 0.29) is 33.1 Å². The molecule has 0 fully saturated rings. The Kier molecular flexibility index (Phi) is 3.39. The first-order chi connectivity index (χ1) is 10.8. The summed E-state index contributed by atoms with van der Waals surface area (Å²) in [6.07, 6.45) is 0. The summed E-state index contributed by atoms with van der Waals surface area (Å²) in [7, 11) is -3.84. The number of carbonyl (C=O) groups excluding carboxylic acids is 2. The van der Waals surface area contributed by atoms with Crippen molar-refractivity contribution in [3.05, 3.63) is 70.9 Å². The minimum absolute atomic E-state index is 0.0645. The van der Waals surface area contributed by atoms with E-state index in [9.17, 15) is 18.0 Å². The number of rotatable bonds is 2. The Morgan fingerprint density at radius 2 is 1.30 bits per heavy atom. The third kappa shape index (κ3) is 2.45. The summed E-state index contributed by atoms with van der Waals surface area (Å²) in [6.45, 7) is 0. The molecule has 1 aliphatic carbocycles. The van der Waals surface area contributed by atoms with Gasteiger partial charge in [-0.05, 0) is 17.7 Å². The van der Waals surface area contributed by atoms with Gasteiger partial charge in [0, 0.05) is 11.1 Å². The normalized spacial score (nSPS) is 14.8. The van der Waals surface area contributed by atoms with Crippen LogP contribution >= 0.6 is 0 Å². The highest BCUT2D eigenvalue weighted by Crippen LogP contribution is 2.30. The second kappa shape index (κ2) is 5.15. The molecule has 0 atom stereocenters. The van der Waals surface area contributed by atoms with Gasteiger partial charge in [0.25, 0.3) is 0 Å². The predicted octanol–water partition coefficient (Wildman–Crippen LogP) is 1.08. The minimum atomic E-state index is -3.84. The summed E-state index contributed by atoms with van der Waals surface area (Å²) < 4.78 is 22.6. The van der Waals surface area contributed by atoms with E-state index in [1.165, 1.54) is 24.3 Å². The van der Waals surface area contributed by atoms with Gasteiger partial charge in [-0.3, -0.25) is 9.59 Å². The molecule has 0 aliphatic heterocycles. The van der Waals surface area contributed by atoms with Crippen molar-refractivity contribution in [3.63, 3.8) is 0 Å². The summed E-state index contributed by atoms with van der Waals surface area (Å²) in [5, 5.41) is 5.04. The molecule has 4 N–H and O–H groups in total. The van der Waals surface area contributed by atoms with E-state index in [1.54, 1.807) is 24.3 Å². The Morgan fingerprint density at radius 3 is 1.83 bits per heavy atom. The molecule has 0 saturated carbocycles. The summed E-state index contributed by atoms with van der Waals surface area (Å²) >= 11 is 0. The van der Waals surface area contributed by atoms with Crippen molar-refractivity contribution in [3.8, 4) is 0 Å². The first-order valence-corrected chi connectivity index (χ1v) is 8.17. The van der Waals surface area contributed by atoms with Crippen molar-refractivity contribution in [1.82, 2.24) is 0 Å². The fraction of sp³-hybridized carbons (Fsp3) is 0. The van der Waals surface area contributed by atoms with Gasteiger partial charge in [-0.1, -0.05) is 36.4 Å². The first kappa shape index (κ1) is 15.1. The van der Waals surface area contributed by atoms with E-state index in [0.29, 0.717) is 5.56 Å². The molecule has 0 heterocycles. The number of allylic oxidation sites excluding steroid dienone is 2. The van der Waals surface area contributed by atoms with Crippen LogP contribution in [0.4, 0.5) is 0 Å². The highest BCUT2D eigenvalue weighted by molar-refractivity contribution is 7.89. The van der Waals surface area contributed by atoms with Gasteiger partial charge in [0.05, 0.1) is 16.2 Å². The Hall–Kier alpha value is -2.77. The molecule has 0 radical (unpaired) electrons. The maximum atomic E-state index is 12.6. The molecule has 1 aliphatic rings. The molecule has 2 aromatic rings. The lowest BCUT2D eigenvalue weighted by atomic mass is 9.84. The van der Waals surface area contributed by atoms with Crippen LogP contribution in [0.1, 0.15) is 26.3 Å². The fourth-order valence-electron chi connectivity index (χ4n) is 2.49. The van der Waals surface area contributed by atoms with Gasteiger partial charge in [0.2, 0.25) is 15.8 Å². The third-order valence-corrected chi connectivity index (χ3v) is 4.56. The van der Waals surface area contributed by atoms with E-state index in [2.05, 4.69) is 0 Å². The highest BCUT2D eigenvalue weighted by atomic mass is 32.2. The third-order valence-electron chi connectivity index (χ3n) is 3.63. The minimum Gasteiger partial charge on any atom is -0.395 e. The summed E-state index contributed by atoms with van der Waals surface area (Å²) in [5.74, 6) is -0.799. The van der Waals surface area contributed by atoms with Crippen LogP contribution in [0.5, 0.6) is 0 Å². The van der Waals surface area contributed by atoms with Crippen molar-refractivity contribution >= 4 is 27.2 Å². The number of nitrogens with two attached hydrogens (primary N) is 2. The number of benzene rings is 2. The molecule has 6 nitrogen and oxygen atoms in total. The molecule has 23 heavy (non-hydrogen) atoms. The Labute approximate surface area is 132 Å². The maximum absolute atomic E-state index is 12.6. The number of Topliss-reactive ketones (excluding diaryl/α,β-unsaturated/α-hetero) is 2. The Balaban J connectivity index is 2.15. The highest BCUT2D eigenvalue weighted by Gasteiger charge is 2.31. The lowest BCUT2D eigenvalue weighted by Gasteiger charge is -2.18. The molecule has 0 bridgehead atoms. The zero-order valence-corrected chi connectivity index (χ0v) is 12.6. The van der Waals surface area contributed by atoms with Crippen LogP contribution in [-0.2, 0) is 10.0 Å². The monoisotopic (exact) mass is 328 g/mol. The molecule has 0 amide bonds. The van der Waals surface area contributed by atoms with E-state index in [4.69, 9.17) is 10.9 Å². The molecule has 116 valence electrons. The number of ketones is 2. The second-order valence-corrected chi connectivity index (χ2v) is 6.62. The van der Waals surface area contributed by atoms with E-state index < -0.39 is 15.8 Å². The lowest BCUT2D eigenvalue weighted by Crippen LogP contribution is -2.25. The number of fused-ring (bicyclic) bond motifs is 1. The van der Waals surface area contributed by atoms with Gasteiger partial charge in [-0.25, -0.2) is 13.6 Å². The summed E-state index contributed by atoms with van der Waals surface area (Å²) in [5.41, 5.74) is 6.66. The van der Waals surface area contributed by atoms with Crippen LogP contribution in [0.2, 0.25) is 0 Å². The smallest absolute Gasteiger partial charge is 0.238 e. The molecular formula is C16H12N2O4S. The quantitative estimate of drug-likeness (QED) is 0.854. The van der Waals surface area contributed by atoms with Crippen LogP contribution in [0.25, 0.3) is 5.57 Å². The van der Waals surface area contributed by atoms with E-state index >= 15 is 0 Å². The number of primary sulfonamides is 1. The average Bonchev–Trinajstić information content (AvgIpc) is 2.53. The van der Waals surface area contributed by atoms with Crippen molar-refractivity contribution in [2.45, 2.75) is 4.90 Å². The SMILES string of the molecule is NC1=C(c2ccc(S(N)(=O)=O)cc2)C(=O)c2ccccc2C1=O. The number of hydrogen-bond acceptors (Lipinski definition) is 5. The molecular weight excluding hydrogens is 316 g/mol. The number of carbonyl (C=O) groups is 2. The number of hydrogen-bond donors (Lipinski definition) is 2. The van der Waals surface area contributed by atoms with Crippen molar-refractivity contribution < 1.29 is 18.0 Å². The molecule has 7 heteroatoms. The Bertz CT molecular complexity index is 973. The average molecular weight is 328 g/mol. The number of sulfonamides is 1. The van der Waals surface area contributed by atoms with Gasteiger partial charge >= 0.3 is 0 Å². The lowest BCUT2D eigenvalue weighted by molar-refractivity contribution is 0.0990. The van der Waals surface area contributed by atoms with Crippen LogP contribution in [0, 0.1) is 0 Å². The van der Waals surface area contributed by atoms with Crippen molar-refractivity contribution in [2.24, 2.45) is 10.9 Å². The van der Waals surface area contributed by atoms with Crippen molar-refractivity contribution in [1.29, 1.82) is 0 Å². The molecule has 3 rings (SSSR count). The topological polar surface area (TPSA) is 120 Å². The van der Waals surface area contributed by atoms with Crippen LogP contribution < -0.4 is 10.9 Å². The molecule has 0 aromatic heterocycles. The molecule has 0 unspecified atom stereocenters. The maximum Gasteiger partial charge on any atom is 0.238 e. The van der Waals surface area contributed by atoms with E-state index in [1.807, 2.05) is 0 Å². The van der Waals surface area contributed by atoms with Gasteiger partial charge < -0.3 is 5.73 Å². The van der Waals surface area contributed by atoms with Gasteiger partial charge in [-0.15, -0.1) is 0 Å². The largest absolute Gasteiger partial charge is 0.395 e.